The van der Waals surface area contributed by atoms with E-state index >= 15 is 0 Å². The summed E-state index contributed by atoms with van der Waals surface area (Å²) in [6, 6.07) is 0. The molecule has 3 heteroatoms. The lowest BCUT2D eigenvalue weighted by Crippen LogP contribution is -2.46. The van der Waals surface area contributed by atoms with E-state index in [-0.39, 0.29) is 0 Å². The molecule has 0 bridgehead atoms. The number of likely N-dealkylation sites (tertiary alicyclic amines) is 1. The highest BCUT2D eigenvalue weighted by molar-refractivity contribution is 4.84. The second kappa shape index (κ2) is 7.34. The maximum atomic E-state index is 9.29. The number of hydrogen-bond donors (Lipinski definition) is 2. The SMILES string of the molecule is CCC(CC)(CNC)CN1CCCC(CO)C1. The van der Waals surface area contributed by atoms with Crippen molar-refractivity contribution in [3.05, 3.63) is 0 Å². The van der Waals surface area contributed by atoms with Crippen LogP contribution >= 0.6 is 0 Å². The fraction of sp³-hybridized carbons (Fsp3) is 1.00. The van der Waals surface area contributed by atoms with Gasteiger partial charge in [0.2, 0.25) is 0 Å². The summed E-state index contributed by atoms with van der Waals surface area (Å²) in [7, 11) is 2.05. The lowest BCUT2D eigenvalue weighted by atomic mass is 9.81. The van der Waals surface area contributed by atoms with Crippen LogP contribution in [0, 0.1) is 11.3 Å². The molecule has 1 unspecified atom stereocenters. The summed E-state index contributed by atoms with van der Waals surface area (Å²) in [6.07, 6.45) is 4.90. The summed E-state index contributed by atoms with van der Waals surface area (Å²) >= 11 is 0. The minimum atomic E-state index is 0.355. The Morgan fingerprint density at radius 1 is 1.35 bits per heavy atom. The Labute approximate surface area is 107 Å². The molecule has 1 saturated heterocycles. The van der Waals surface area contributed by atoms with E-state index in [9.17, 15) is 5.11 Å². The molecule has 0 radical (unpaired) electrons. The highest BCUT2D eigenvalue weighted by atomic mass is 16.3. The second-order valence-electron chi connectivity index (χ2n) is 5.66. The zero-order chi connectivity index (χ0) is 12.7. The minimum Gasteiger partial charge on any atom is -0.396 e. The van der Waals surface area contributed by atoms with Gasteiger partial charge in [-0.15, -0.1) is 0 Å². The third-order valence-corrected chi connectivity index (χ3v) is 4.47. The Morgan fingerprint density at radius 3 is 2.59 bits per heavy atom. The topological polar surface area (TPSA) is 35.5 Å². The largest absolute Gasteiger partial charge is 0.396 e. The van der Waals surface area contributed by atoms with Gasteiger partial charge in [0.1, 0.15) is 0 Å². The molecule has 102 valence electrons. The van der Waals surface area contributed by atoms with Crippen LogP contribution in [0.2, 0.25) is 0 Å². The van der Waals surface area contributed by atoms with Gasteiger partial charge in [-0.1, -0.05) is 13.8 Å². The first-order valence-corrected chi connectivity index (χ1v) is 7.17. The first-order chi connectivity index (χ1) is 8.19. The number of piperidine rings is 1. The first kappa shape index (κ1) is 14.9. The van der Waals surface area contributed by atoms with Gasteiger partial charge in [0.05, 0.1) is 0 Å². The quantitative estimate of drug-likeness (QED) is 0.713. The van der Waals surface area contributed by atoms with Crippen molar-refractivity contribution < 1.29 is 5.11 Å². The van der Waals surface area contributed by atoms with Crippen LogP contribution in [0.3, 0.4) is 0 Å². The van der Waals surface area contributed by atoms with E-state index in [4.69, 9.17) is 0 Å². The number of nitrogens with one attached hydrogen (secondary N) is 1. The Kier molecular flexibility index (Phi) is 6.45. The molecule has 3 nitrogen and oxygen atoms in total. The van der Waals surface area contributed by atoms with Gasteiger partial charge in [-0.25, -0.2) is 0 Å². The van der Waals surface area contributed by atoms with E-state index in [1.165, 1.54) is 38.8 Å². The molecule has 1 rings (SSSR count). The van der Waals surface area contributed by atoms with Crippen LogP contribution in [0.1, 0.15) is 39.5 Å². The molecule has 0 saturated carbocycles. The lowest BCUT2D eigenvalue weighted by Gasteiger charge is -2.40. The molecule has 0 amide bonds. The van der Waals surface area contributed by atoms with Crippen molar-refractivity contribution in [1.82, 2.24) is 10.2 Å². The molecule has 17 heavy (non-hydrogen) atoms. The molecule has 0 aliphatic carbocycles. The van der Waals surface area contributed by atoms with Crippen LogP contribution in [0.25, 0.3) is 0 Å². The van der Waals surface area contributed by atoms with Crippen molar-refractivity contribution in [2.45, 2.75) is 39.5 Å². The summed E-state index contributed by atoms with van der Waals surface area (Å²) in [4.78, 5) is 2.56. The van der Waals surface area contributed by atoms with Crippen molar-refractivity contribution in [3.63, 3.8) is 0 Å². The first-order valence-electron chi connectivity index (χ1n) is 7.17. The fourth-order valence-corrected chi connectivity index (χ4v) is 3.07. The summed E-state index contributed by atoms with van der Waals surface area (Å²) in [5.74, 6) is 0.504. The van der Waals surface area contributed by atoms with Crippen molar-refractivity contribution in [2.24, 2.45) is 11.3 Å². The smallest absolute Gasteiger partial charge is 0.0471 e. The Balaban J connectivity index is 2.53. The maximum Gasteiger partial charge on any atom is 0.0471 e. The van der Waals surface area contributed by atoms with Gasteiger partial charge < -0.3 is 15.3 Å². The summed E-state index contributed by atoms with van der Waals surface area (Å²) in [6.45, 7) is 9.53. The minimum absolute atomic E-state index is 0.355. The zero-order valence-corrected chi connectivity index (χ0v) is 11.8. The zero-order valence-electron chi connectivity index (χ0n) is 11.8. The fourth-order valence-electron chi connectivity index (χ4n) is 3.07. The average molecular weight is 242 g/mol. The maximum absolute atomic E-state index is 9.29. The van der Waals surface area contributed by atoms with Crippen molar-refractivity contribution in [1.29, 1.82) is 0 Å². The van der Waals surface area contributed by atoms with Gasteiger partial charge in [-0.3, -0.25) is 0 Å². The van der Waals surface area contributed by atoms with Crippen LogP contribution in [0.15, 0.2) is 0 Å². The number of aliphatic hydroxyl groups excluding tert-OH is 1. The van der Waals surface area contributed by atoms with E-state index in [0.29, 0.717) is 17.9 Å². The molecule has 0 aromatic rings. The average Bonchev–Trinajstić information content (AvgIpc) is 2.38. The van der Waals surface area contributed by atoms with Crippen LogP contribution in [-0.2, 0) is 0 Å². The van der Waals surface area contributed by atoms with Crippen molar-refractivity contribution in [2.75, 3.05) is 39.8 Å². The third-order valence-electron chi connectivity index (χ3n) is 4.47. The van der Waals surface area contributed by atoms with Gasteiger partial charge in [0.15, 0.2) is 0 Å². The molecular weight excluding hydrogens is 212 g/mol. The predicted molar refractivity (Wildman–Crippen MR) is 73.2 cm³/mol. The van der Waals surface area contributed by atoms with E-state index in [2.05, 4.69) is 24.1 Å². The van der Waals surface area contributed by atoms with E-state index in [1.807, 2.05) is 7.05 Å². The van der Waals surface area contributed by atoms with Gasteiger partial charge >= 0.3 is 0 Å². The Bertz CT molecular complexity index is 204. The molecule has 1 atom stereocenters. The molecule has 2 N–H and O–H groups in total. The molecule has 0 aromatic heterocycles. The van der Waals surface area contributed by atoms with Crippen molar-refractivity contribution >= 4 is 0 Å². The van der Waals surface area contributed by atoms with Gasteiger partial charge in [0.25, 0.3) is 0 Å². The molecule has 1 aliphatic rings. The van der Waals surface area contributed by atoms with Crippen LogP contribution < -0.4 is 5.32 Å². The Hall–Kier alpha value is -0.120. The second-order valence-corrected chi connectivity index (χ2v) is 5.66. The van der Waals surface area contributed by atoms with Gasteiger partial charge in [-0.2, -0.15) is 0 Å². The number of hydrogen-bond acceptors (Lipinski definition) is 3. The van der Waals surface area contributed by atoms with Crippen molar-refractivity contribution in [3.8, 4) is 0 Å². The summed E-state index contributed by atoms with van der Waals surface area (Å²) in [5.41, 5.74) is 0.409. The standard InChI is InChI=1S/C14H30N2O/c1-4-14(5-2,11-15-3)12-16-8-6-7-13(9-16)10-17/h13,15,17H,4-12H2,1-3H3. The van der Waals surface area contributed by atoms with Gasteiger partial charge in [-0.05, 0) is 50.6 Å². The lowest BCUT2D eigenvalue weighted by molar-refractivity contribution is 0.0734. The Morgan fingerprint density at radius 2 is 2.06 bits per heavy atom. The number of aliphatic hydroxyl groups is 1. The van der Waals surface area contributed by atoms with Crippen LogP contribution in [0.4, 0.5) is 0 Å². The summed E-state index contributed by atoms with van der Waals surface area (Å²) in [5, 5.41) is 12.6. The normalized spacial score (nSPS) is 22.9. The molecule has 0 aromatic carbocycles. The summed E-state index contributed by atoms with van der Waals surface area (Å²) < 4.78 is 0. The van der Waals surface area contributed by atoms with Crippen LogP contribution in [-0.4, -0.2) is 49.8 Å². The third kappa shape index (κ3) is 4.23. The number of nitrogens with zero attached hydrogens (tertiary/aromatic N) is 1. The predicted octanol–water partition coefficient (Wildman–Crippen LogP) is 1.72. The van der Waals surface area contributed by atoms with Gasteiger partial charge in [0, 0.05) is 26.2 Å². The van der Waals surface area contributed by atoms with E-state index in [0.717, 1.165) is 13.1 Å². The highest BCUT2D eigenvalue weighted by Crippen LogP contribution is 2.29. The molecule has 1 heterocycles. The monoisotopic (exact) mass is 242 g/mol. The number of rotatable bonds is 7. The molecule has 1 fully saturated rings. The van der Waals surface area contributed by atoms with E-state index < -0.39 is 0 Å². The molecule has 0 spiro atoms. The van der Waals surface area contributed by atoms with Crippen LogP contribution in [0.5, 0.6) is 0 Å². The highest BCUT2D eigenvalue weighted by Gasteiger charge is 2.30. The molecule has 1 aliphatic heterocycles. The van der Waals surface area contributed by atoms with E-state index in [1.54, 1.807) is 0 Å². The molecular formula is C14H30N2O.